The van der Waals surface area contributed by atoms with Gasteiger partial charge in [-0.25, -0.2) is 13.4 Å². The largest absolute Gasteiger partial charge is 0.494 e. The van der Waals surface area contributed by atoms with Crippen molar-refractivity contribution in [1.29, 1.82) is 0 Å². The number of anilines is 2. The monoisotopic (exact) mass is 347 g/mol. The van der Waals surface area contributed by atoms with Crippen molar-refractivity contribution in [1.82, 2.24) is 4.98 Å². The van der Waals surface area contributed by atoms with Crippen LogP contribution in [0.2, 0.25) is 0 Å². The Hall–Kier alpha value is -2.28. The number of nitrogens with one attached hydrogen (secondary N) is 1. The molecule has 0 amide bonds. The van der Waals surface area contributed by atoms with Crippen LogP contribution < -0.4 is 14.4 Å². The number of hydrogen-bond donors (Lipinski definition) is 1. The molecule has 2 heterocycles. The van der Waals surface area contributed by atoms with Crippen LogP contribution in [-0.2, 0) is 10.0 Å². The Morgan fingerprint density at radius 3 is 2.42 bits per heavy atom. The molecule has 0 bridgehead atoms. The van der Waals surface area contributed by atoms with Crippen molar-refractivity contribution in [2.24, 2.45) is 0 Å². The lowest BCUT2D eigenvalue weighted by molar-refractivity contribution is 0.340. The van der Waals surface area contributed by atoms with Gasteiger partial charge in [-0.15, -0.1) is 0 Å². The molecule has 0 atom stereocenters. The molecule has 1 aliphatic rings. The van der Waals surface area contributed by atoms with Gasteiger partial charge in [0, 0.05) is 13.1 Å². The van der Waals surface area contributed by atoms with Gasteiger partial charge in [-0.3, -0.25) is 4.72 Å². The maximum Gasteiger partial charge on any atom is 0.261 e. The zero-order valence-electron chi connectivity index (χ0n) is 13.6. The highest BCUT2D eigenvalue weighted by Crippen LogP contribution is 2.22. The molecule has 7 heteroatoms. The number of nitrogens with zero attached hydrogens (tertiary/aromatic N) is 2. The quantitative estimate of drug-likeness (QED) is 0.870. The predicted molar refractivity (Wildman–Crippen MR) is 94.1 cm³/mol. The SMILES string of the molecule is CCOc1ccc(S(=O)(=O)Nc2ccc(N3CCCC3)nc2)cc1. The topological polar surface area (TPSA) is 71.5 Å². The third-order valence-corrected chi connectivity index (χ3v) is 5.27. The maximum atomic E-state index is 12.4. The molecule has 1 saturated heterocycles. The Morgan fingerprint density at radius 1 is 1.12 bits per heavy atom. The van der Waals surface area contributed by atoms with Crippen LogP contribution in [0, 0.1) is 0 Å². The fraction of sp³-hybridized carbons (Fsp3) is 0.353. The van der Waals surface area contributed by atoms with E-state index in [1.807, 2.05) is 13.0 Å². The maximum absolute atomic E-state index is 12.4. The molecule has 24 heavy (non-hydrogen) atoms. The standard InChI is InChI=1S/C17H21N3O3S/c1-2-23-15-6-8-16(9-7-15)24(21,22)19-14-5-10-17(18-13-14)20-11-3-4-12-20/h5-10,13,19H,2-4,11-12H2,1H3. The second-order valence-electron chi connectivity index (χ2n) is 5.61. The summed E-state index contributed by atoms with van der Waals surface area (Å²) in [6.45, 7) is 4.43. The summed E-state index contributed by atoms with van der Waals surface area (Å²) in [5.41, 5.74) is 0.451. The fourth-order valence-corrected chi connectivity index (χ4v) is 3.72. The Kier molecular flexibility index (Phi) is 4.89. The molecule has 1 aliphatic heterocycles. The van der Waals surface area contributed by atoms with E-state index in [9.17, 15) is 8.42 Å². The average Bonchev–Trinajstić information content (AvgIpc) is 3.10. The van der Waals surface area contributed by atoms with Crippen molar-refractivity contribution in [3.63, 3.8) is 0 Å². The Bertz CT molecular complexity index is 768. The number of hydrogen-bond acceptors (Lipinski definition) is 5. The second kappa shape index (κ2) is 7.09. The third-order valence-electron chi connectivity index (χ3n) is 3.88. The molecule has 2 aromatic rings. The Morgan fingerprint density at radius 2 is 1.83 bits per heavy atom. The lowest BCUT2D eigenvalue weighted by atomic mass is 10.3. The summed E-state index contributed by atoms with van der Waals surface area (Å²) < 4.78 is 32.7. The van der Waals surface area contributed by atoms with Gasteiger partial charge in [-0.05, 0) is 56.2 Å². The smallest absolute Gasteiger partial charge is 0.261 e. The van der Waals surface area contributed by atoms with Crippen LogP contribution in [0.4, 0.5) is 11.5 Å². The molecule has 128 valence electrons. The Balaban J connectivity index is 1.71. The minimum absolute atomic E-state index is 0.189. The van der Waals surface area contributed by atoms with Crippen molar-refractivity contribution in [3.05, 3.63) is 42.6 Å². The average molecular weight is 347 g/mol. The molecule has 6 nitrogen and oxygen atoms in total. The molecule has 0 spiro atoms. The summed E-state index contributed by atoms with van der Waals surface area (Å²) in [5.74, 6) is 1.53. The minimum Gasteiger partial charge on any atom is -0.494 e. The van der Waals surface area contributed by atoms with Crippen molar-refractivity contribution < 1.29 is 13.2 Å². The molecular weight excluding hydrogens is 326 g/mol. The van der Waals surface area contributed by atoms with Gasteiger partial charge in [0.05, 0.1) is 23.4 Å². The van der Waals surface area contributed by atoms with Gasteiger partial charge >= 0.3 is 0 Å². The first-order valence-electron chi connectivity index (χ1n) is 8.05. The molecule has 1 N–H and O–H groups in total. The molecule has 1 aromatic heterocycles. The highest BCUT2D eigenvalue weighted by molar-refractivity contribution is 7.92. The van der Waals surface area contributed by atoms with E-state index in [0.29, 0.717) is 18.0 Å². The van der Waals surface area contributed by atoms with E-state index >= 15 is 0 Å². The van der Waals surface area contributed by atoms with Crippen molar-refractivity contribution in [3.8, 4) is 5.75 Å². The number of sulfonamides is 1. The van der Waals surface area contributed by atoms with Crippen molar-refractivity contribution in [2.75, 3.05) is 29.3 Å². The molecule has 0 saturated carbocycles. The number of ether oxygens (including phenoxy) is 1. The van der Waals surface area contributed by atoms with Crippen LogP contribution in [0.5, 0.6) is 5.75 Å². The number of aromatic nitrogens is 1. The molecule has 0 radical (unpaired) electrons. The van der Waals surface area contributed by atoms with E-state index in [-0.39, 0.29) is 4.90 Å². The second-order valence-corrected chi connectivity index (χ2v) is 7.29. The number of rotatable bonds is 6. The lowest BCUT2D eigenvalue weighted by Crippen LogP contribution is -2.19. The molecular formula is C17H21N3O3S. The van der Waals surface area contributed by atoms with E-state index in [2.05, 4.69) is 14.6 Å². The minimum atomic E-state index is -3.64. The van der Waals surface area contributed by atoms with Crippen LogP contribution in [-0.4, -0.2) is 33.1 Å². The summed E-state index contributed by atoms with van der Waals surface area (Å²) >= 11 is 0. The van der Waals surface area contributed by atoms with Crippen LogP contribution in [0.25, 0.3) is 0 Å². The van der Waals surface area contributed by atoms with Crippen molar-refractivity contribution >= 4 is 21.5 Å². The van der Waals surface area contributed by atoms with Gasteiger partial charge in [-0.1, -0.05) is 0 Å². The van der Waals surface area contributed by atoms with Crippen LogP contribution in [0.15, 0.2) is 47.5 Å². The summed E-state index contributed by atoms with van der Waals surface area (Å²) in [6, 6.07) is 9.94. The zero-order chi connectivity index (χ0) is 17.0. The molecule has 1 fully saturated rings. The van der Waals surface area contributed by atoms with Gasteiger partial charge in [-0.2, -0.15) is 0 Å². The first-order valence-corrected chi connectivity index (χ1v) is 9.53. The lowest BCUT2D eigenvalue weighted by Gasteiger charge is -2.16. The van der Waals surface area contributed by atoms with E-state index in [1.165, 1.54) is 25.0 Å². The number of pyridine rings is 1. The molecule has 0 aliphatic carbocycles. The van der Waals surface area contributed by atoms with Gasteiger partial charge in [0.2, 0.25) is 0 Å². The molecule has 1 aromatic carbocycles. The van der Waals surface area contributed by atoms with Crippen molar-refractivity contribution in [2.45, 2.75) is 24.7 Å². The van der Waals surface area contributed by atoms with Crippen LogP contribution >= 0.6 is 0 Å². The normalized spacial score (nSPS) is 14.6. The van der Waals surface area contributed by atoms with Gasteiger partial charge in [0.15, 0.2) is 0 Å². The van der Waals surface area contributed by atoms with E-state index in [4.69, 9.17) is 4.74 Å². The van der Waals surface area contributed by atoms with E-state index in [1.54, 1.807) is 24.4 Å². The fourth-order valence-electron chi connectivity index (χ4n) is 2.68. The zero-order valence-corrected chi connectivity index (χ0v) is 14.4. The summed E-state index contributed by atoms with van der Waals surface area (Å²) in [6.07, 6.45) is 3.90. The molecule has 0 unspecified atom stereocenters. The molecule has 3 rings (SSSR count). The summed E-state index contributed by atoms with van der Waals surface area (Å²) in [7, 11) is -3.64. The van der Waals surface area contributed by atoms with Crippen LogP contribution in [0.1, 0.15) is 19.8 Å². The van der Waals surface area contributed by atoms with Gasteiger partial charge in [0.25, 0.3) is 10.0 Å². The predicted octanol–water partition coefficient (Wildman–Crippen LogP) is 2.88. The Labute approximate surface area is 142 Å². The van der Waals surface area contributed by atoms with Gasteiger partial charge < -0.3 is 9.64 Å². The van der Waals surface area contributed by atoms with Crippen LogP contribution in [0.3, 0.4) is 0 Å². The highest BCUT2D eigenvalue weighted by atomic mass is 32.2. The first kappa shape index (κ1) is 16.6. The number of benzene rings is 1. The van der Waals surface area contributed by atoms with E-state index in [0.717, 1.165) is 18.9 Å². The summed E-state index contributed by atoms with van der Waals surface area (Å²) in [5, 5.41) is 0. The first-order chi connectivity index (χ1) is 11.6. The third kappa shape index (κ3) is 3.79. The van der Waals surface area contributed by atoms with Gasteiger partial charge in [0.1, 0.15) is 11.6 Å². The highest BCUT2D eigenvalue weighted by Gasteiger charge is 2.16. The summed E-state index contributed by atoms with van der Waals surface area (Å²) in [4.78, 5) is 6.74. The van der Waals surface area contributed by atoms with E-state index < -0.39 is 10.0 Å².